The fourth-order valence-corrected chi connectivity index (χ4v) is 3.14. The lowest BCUT2D eigenvalue weighted by atomic mass is 9.98. The summed E-state index contributed by atoms with van der Waals surface area (Å²) in [4.78, 5) is 14.4. The second-order valence-electron chi connectivity index (χ2n) is 7.19. The van der Waals surface area contributed by atoms with E-state index >= 15 is 0 Å². The Kier molecular flexibility index (Phi) is 8.22. The van der Waals surface area contributed by atoms with Crippen LogP contribution in [0.3, 0.4) is 0 Å². The first-order chi connectivity index (χ1) is 12.1. The van der Waals surface area contributed by atoms with Crippen molar-refractivity contribution < 1.29 is 9.90 Å². The molecular formula is C20H33N3O2. The fraction of sp³-hybridized carbons (Fsp3) is 0.650. The molecule has 0 radical (unpaired) electrons. The van der Waals surface area contributed by atoms with Crippen molar-refractivity contribution in [1.82, 2.24) is 15.5 Å². The zero-order valence-corrected chi connectivity index (χ0v) is 15.6. The maximum atomic E-state index is 11.9. The monoisotopic (exact) mass is 347 g/mol. The minimum atomic E-state index is -0.340. The van der Waals surface area contributed by atoms with Gasteiger partial charge in [-0.3, -0.25) is 4.90 Å². The summed E-state index contributed by atoms with van der Waals surface area (Å²) in [6, 6.07) is 8.16. The second kappa shape index (κ2) is 10.4. The molecule has 1 unspecified atom stereocenters. The molecule has 1 aromatic carbocycles. The summed E-state index contributed by atoms with van der Waals surface area (Å²) in [5.41, 5.74) is 2.46. The van der Waals surface area contributed by atoms with Crippen molar-refractivity contribution in [3.63, 3.8) is 0 Å². The lowest BCUT2D eigenvalue weighted by Crippen LogP contribution is -2.37. The highest BCUT2D eigenvalue weighted by Gasteiger charge is 2.16. The smallest absolute Gasteiger partial charge is 0.315 e. The number of aliphatic hydroxyl groups is 1. The average Bonchev–Trinajstić information content (AvgIpc) is 2.62. The van der Waals surface area contributed by atoms with Crippen molar-refractivity contribution in [2.24, 2.45) is 5.92 Å². The van der Waals surface area contributed by atoms with E-state index in [2.05, 4.69) is 40.7 Å². The van der Waals surface area contributed by atoms with Gasteiger partial charge in [0.15, 0.2) is 0 Å². The number of nitrogens with zero attached hydrogens (tertiary/aromatic N) is 1. The van der Waals surface area contributed by atoms with Crippen LogP contribution in [-0.4, -0.2) is 41.8 Å². The molecular weight excluding hydrogens is 314 g/mol. The van der Waals surface area contributed by atoms with Crippen LogP contribution >= 0.6 is 0 Å². The fourth-order valence-electron chi connectivity index (χ4n) is 3.14. The summed E-state index contributed by atoms with van der Waals surface area (Å²) < 4.78 is 0. The molecule has 0 aromatic heterocycles. The molecule has 0 saturated carbocycles. The predicted octanol–water partition coefficient (Wildman–Crippen LogP) is 2.88. The first-order valence-electron chi connectivity index (χ1n) is 9.57. The Morgan fingerprint density at radius 3 is 2.60 bits per heavy atom. The second-order valence-corrected chi connectivity index (χ2v) is 7.19. The standard InChI is InChI=1S/C20H33N3O2/c1-3-19(24)8-11-21-20(25)22-14-17-6-4-5-7-18(17)15-23-12-9-16(2)10-13-23/h4-7,16,19,24H,3,8-15H2,1-2H3,(H2,21,22,25). The molecule has 140 valence electrons. The molecule has 1 aliphatic rings. The van der Waals surface area contributed by atoms with Crippen LogP contribution in [0.5, 0.6) is 0 Å². The predicted molar refractivity (Wildman–Crippen MR) is 101 cm³/mol. The zero-order chi connectivity index (χ0) is 18.1. The van der Waals surface area contributed by atoms with Gasteiger partial charge in [-0.05, 0) is 55.8 Å². The van der Waals surface area contributed by atoms with E-state index in [1.54, 1.807) is 0 Å². The highest BCUT2D eigenvalue weighted by molar-refractivity contribution is 5.73. The van der Waals surface area contributed by atoms with Gasteiger partial charge in [-0.25, -0.2) is 4.79 Å². The molecule has 0 bridgehead atoms. The Morgan fingerprint density at radius 2 is 1.92 bits per heavy atom. The normalized spacial score (nSPS) is 17.2. The van der Waals surface area contributed by atoms with Crippen LogP contribution in [-0.2, 0) is 13.1 Å². The molecule has 2 rings (SSSR count). The maximum absolute atomic E-state index is 11.9. The van der Waals surface area contributed by atoms with Crippen LogP contribution in [0.15, 0.2) is 24.3 Å². The Morgan fingerprint density at radius 1 is 1.24 bits per heavy atom. The number of amides is 2. The van der Waals surface area contributed by atoms with Gasteiger partial charge in [-0.2, -0.15) is 0 Å². The van der Waals surface area contributed by atoms with Gasteiger partial charge in [-0.15, -0.1) is 0 Å². The molecule has 1 saturated heterocycles. The molecule has 1 heterocycles. The van der Waals surface area contributed by atoms with Gasteiger partial charge in [0.05, 0.1) is 6.10 Å². The van der Waals surface area contributed by atoms with Crippen molar-refractivity contribution in [2.75, 3.05) is 19.6 Å². The summed E-state index contributed by atoms with van der Waals surface area (Å²) in [5, 5.41) is 15.2. The number of urea groups is 1. The molecule has 5 nitrogen and oxygen atoms in total. The lowest BCUT2D eigenvalue weighted by Gasteiger charge is -2.30. The SMILES string of the molecule is CCC(O)CCNC(=O)NCc1ccccc1CN1CCC(C)CC1. The molecule has 1 aromatic rings. The number of aliphatic hydroxyl groups excluding tert-OH is 1. The van der Waals surface area contributed by atoms with Crippen LogP contribution in [0.25, 0.3) is 0 Å². The molecule has 1 aliphatic heterocycles. The molecule has 5 heteroatoms. The van der Waals surface area contributed by atoms with E-state index in [1.165, 1.54) is 24.0 Å². The van der Waals surface area contributed by atoms with Crippen LogP contribution in [0, 0.1) is 5.92 Å². The van der Waals surface area contributed by atoms with Crippen LogP contribution in [0.2, 0.25) is 0 Å². The number of nitrogens with one attached hydrogen (secondary N) is 2. The zero-order valence-electron chi connectivity index (χ0n) is 15.6. The van der Waals surface area contributed by atoms with E-state index in [4.69, 9.17) is 0 Å². The molecule has 3 N–H and O–H groups in total. The molecule has 25 heavy (non-hydrogen) atoms. The van der Waals surface area contributed by atoms with Crippen LogP contribution in [0.4, 0.5) is 4.79 Å². The van der Waals surface area contributed by atoms with Gasteiger partial charge in [0.2, 0.25) is 0 Å². The van der Waals surface area contributed by atoms with E-state index in [0.717, 1.165) is 25.6 Å². The number of benzene rings is 1. The van der Waals surface area contributed by atoms with E-state index in [0.29, 0.717) is 25.9 Å². The summed E-state index contributed by atoms with van der Waals surface area (Å²) in [6.45, 7) is 8.55. The Hall–Kier alpha value is -1.59. The van der Waals surface area contributed by atoms with Gasteiger partial charge in [0.1, 0.15) is 0 Å². The van der Waals surface area contributed by atoms with Crippen molar-refractivity contribution >= 4 is 6.03 Å². The van der Waals surface area contributed by atoms with E-state index < -0.39 is 0 Å². The maximum Gasteiger partial charge on any atom is 0.315 e. The quantitative estimate of drug-likeness (QED) is 0.677. The number of rotatable bonds is 8. The Labute approximate surface area is 151 Å². The Bertz CT molecular complexity index is 527. The summed E-state index contributed by atoms with van der Waals surface area (Å²) in [6.07, 6.45) is 3.51. The number of carbonyl (C=O) groups is 1. The first kappa shape index (κ1) is 19.7. The van der Waals surface area contributed by atoms with E-state index in [9.17, 15) is 9.90 Å². The number of piperidine rings is 1. The molecule has 1 atom stereocenters. The van der Waals surface area contributed by atoms with Crippen LogP contribution in [0.1, 0.15) is 50.7 Å². The summed E-state index contributed by atoms with van der Waals surface area (Å²) in [5.74, 6) is 0.836. The highest BCUT2D eigenvalue weighted by Crippen LogP contribution is 2.19. The third-order valence-corrected chi connectivity index (χ3v) is 5.06. The topological polar surface area (TPSA) is 64.6 Å². The summed E-state index contributed by atoms with van der Waals surface area (Å²) >= 11 is 0. The molecule has 0 aliphatic carbocycles. The molecule has 1 fully saturated rings. The van der Waals surface area contributed by atoms with Crippen molar-refractivity contribution in [2.45, 2.75) is 58.7 Å². The van der Waals surface area contributed by atoms with Gasteiger partial charge in [0.25, 0.3) is 0 Å². The van der Waals surface area contributed by atoms with Gasteiger partial charge in [-0.1, -0.05) is 38.1 Å². The van der Waals surface area contributed by atoms with Crippen LogP contribution < -0.4 is 10.6 Å². The van der Waals surface area contributed by atoms with Gasteiger partial charge in [0, 0.05) is 19.6 Å². The molecule has 2 amide bonds. The Balaban J connectivity index is 1.78. The van der Waals surface area contributed by atoms with Crippen molar-refractivity contribution in [1.29, 1.82) is 0 Å². The largest absolute Gasteiger partial charge is 0.393 e. The molecule has 0 spiro atoms. The van der Waals surface area contributed by atoms with E-state index in [1.807, 2.05) is 13.0 Å². The van der Waals surface area contributed by atoms with Crippen molar-refractivity contribution in [3.8, 4) is 0 Å². The number of likely N-dealkylation sites (tertiary alicyclic amines) is 1. The lowest BCUT2D eigenvalue weighted by molar-refractivity contribution is 0.160. The number of carbonyl (C=O) groups excluding carboxylic acids is 1. The minimum absolute atomic E-state index is 0.176. The minimum Gasteiger partial charge on any atom is -0.393 e. The van der Waals surface area contributed by atoms with Gasteiger partial charge < -0.3 is 15.7 Å². The average molecular weight is 348 g/mol. The third-order valence-electron chi connectivity index (χ3n) is 5.06. The number of hydrogen-bond acceptors (Lipinski definition) is 3. The van der Waals surface area contributed by atoms with E-state index in [-0.39, 0.29) is 12.1 Å². The number of hydrogen-bond donors (Lipinski definition) is 3. The van der Waals surface area contributed by atoms with Crippen molar-refractivity contribution in [3.05, 3.63) is 35.4 Å². The summed E-state index contributed by atoms with van der Waals surface area (Å²) in [7, 11) is 0. The third kappa shape index (κ3) is 7.04. The highest BCUT2D eigenvalue weighted by atomic mass is 16.3. The van der Waals surface area contributed by atoms with Gasteiger partial charge >= 0.3 is 6.03 Å². The first-order valence-corrected chi connectivity index (χ1v) is 9.57.